The van der Waals surface area contributed by atoms with Crippen molar-refractivity contribution in [2.45, 2.75) is 6.54 Å². The highest BCUT2D eigenvalue weighted by atomic mass is 16.6. The maximum atomic E-state index is 11.4. The van der Waals surface area contributed by atoms with Gasteiger partial charge in [0.25, 0.3) is 5.69 Å². The summed E-state index contributed by atoms with van der Waals surface area (Å²) < 4.78 is 1.39. The van der Waals surface area contributed by atoms with Gasteiger partial charge in [-0.05, 0) is 17.7 Å². The van der Waals surface area contributed by atoms with E-state index in [0.717, 1.165) is 0 Å². The quantitative estimate of drug-likeness (QED) is 0.489. The van der Waals surface area contributed by atoms with Gasteiger partial charge in [-0.15, -0.1) is 0 Å². The fourth-order valence-electron chi connectivity index (χ4n) is 1.57. The van der Waals surface area contributed by atoms with Crippen LogP contribution >= 0.6 is 0 Å². The zero-order chi connectivity index (χ0) is 13.1. The lowest BCUT2D eigenvalue weighted by atomic mass is 10.1. The van der Waals surface area contributed by atoms with Crippen molar-refractivity contribution in [3.05, 3.63) is 62.8 Å². The van der Waals surface area contributed by atoms with Gasteiger partial charge >= 0.3 is 5.69 Å². The summed E-state index contributed by atoms with van der Waals surface area (Å²) in [6.45, 7) is 0.273. The average molecular weight is 246 g/mol. The van der Waals surface area contributed by atoms with Crippen LogP contribution in [0.4, 0.5) is 11.4 Å². The molecule has 7 heteroatoms. The standard InChI is InChI=1S/C11H10N4O3/c12-9-6-8(2-3-10(9)15(17)18)7-14-5-1-4-13-11(14)16/h1-6H,7,12H2. The first-order valence-corrected chi connectivity index (χ1v) is 5.12. The predicted octanol–water partition coefficient (Wildman–Crippen LogP) is 0.782. The molecule has 0 saturated carbocycles. The van der Waals surface area contributed by atoms with Crippen LogP contribution in [0.3, 0.4) is 0 Å². The molecule has 0 aliphatic rings. The fourth-order valence-corrected chi connectivity index (χ4v) is 1.57. The number of aromatic nitrogens is 2. The molecule has 0 amide bonds. The van der Waals surface area contributed by atoms with Crippen LogP contribution in [0.15, 0.2) is 41.5 Å². The van der Waals surface area contributed by atoms with Crippen molar-refractivity contribution in [3.63, 3.8) is 0 Å². The van der Waals surface area contributed by atoms with E-state index in [1.54, 1.807) is 18.3 Å². The summed E-state index contributed by atoms with van der Waals surface area (Å²) in [5.74, 6) is 0. The normalized spacial score (nSPS) is 10.2. The minimum Gasteiger partial charge on any atom is -0.393 e. The molecule has 1 aromatic heterocycles. The van der Waals surface area contributed by atoms with Crippen molar-refractivity contribution in [2.24, 2.45) is 0 Å². The molecule has 0 radical (unpaired) electrons. The number of nitrogens with two attached hydrogens (primary N) is 1. The third-order valence-corrected chi connectivity index (χ3v) is 2.42. The largest absolute Gasteiger partial charge is 0.393 e. The Morgan fingerprint density at radius 2 is 2.22 bits per heavy atom. The number of nitro groups is 1. The Bertz CT molecular complexity index is 651. The van der Waals surface area contributed by atoms with Gasteiger partial charge in [0.15, 0.2) is 0 Å². The van der Waals surface area contributed by atoms with Gasteiger partial charge in [0.05, 0.1) is 11.5 Å². The molecule has 2 N–H and O–H groups in total. The van der Waals surface area contributed by atoms with E-state index in [2.05, 4.69) is 4.98 Å². The van der Waals surface area contributed by atoms with E-state index in [0.29, 0.717) is 5.56 Å². The van der Waals surface area contributed by atoms with Crippen molar-refractivity contribution in [3.8, 4) is 0 Å². The summed E-state index contributed by atoms with van der Waals surface area (Å²) in [7, 11) is 0. The number of nitrogens with zero attached hydrogens (tertiary/aromatic N) is 3. The van der Waals surface area contributed by atoms with Crippen molar-refractivity contribution in [2.75, 3.05) is 5.73 Å². The van der Waals surface area contributed by atoms with Crippen LogP contribution in [0.25, 0.3) is 0 Å². The minimum atomic E-state index is -0.546. The lowest BCUT2D eigenvalue weighted by molar-refractivity contribution is -0.383. The molecule has 2 rings (SSSR count). The molecule has 2 aromatic rings. The molecule has 0 unspecified atom stereocenters. The molecule has 0 aliphatic carbocycles. The Hall–Kier alpha value is -2.70. The first kappa shape index (κ1) is 11.8. The summed E-state index contributed by atoms with van der Waals surface area (Å²) in [6, 6.07) is 6.01. The van der Waals surface area contributed by atoms with Gasteiger partial charge in [-0.3, -0.25) is 14.7 Å². The second kappa shape index (κ2) is 4.66. The van der Waals surface area contributed by atoms with Crippen LogP contribution in [-0.4, -0.2) is 14.5 Å². The van der Waals surface area contributed by atoms with Crippen LogP contribution in [0.2, 0.25) is 0 Å². The lowest BCUT2D eigenvalue weighted by Gasteiger charge is -2.05. The molecule has 7 nitrogen and oxygen atoms in total. The number of rotatable bonds is 3. The molecule has 1 heterocycles. The SMILES string of the molecule is Nc1cc(Cn2cccnc2=O)ccc1[N+](=O)[O-]. The number of benzene rings is 1. The molecule has 0 atom stereocenters. The summed E-state index contributed by atoms with van der Waals surface area (Å²) in [5, 5.41) is 10.6. The molecule has 0 spiro atoms. The number of nitro benzene ring substituents is 1. The van der Waals surface area contributed by atoms with Crippen LogP contribution in [0, 0.1) is 10.1 Å². The molecule has 0 bridgehead atoms. The summed E-state index contributed by atoms with van der Waals surface area (Å²) in [5.41, 5.74) is 5.83. The van der Waals surface area contributed by atoms with E-state index in [1.807, 2.05) is 0 Å². The lowest BCUT2D eigenvalue weighted by Crippen LogP contribution is -2.21. The maximum Gasteiger partial charge on any atom is 0.347 e. The third-order valence-electron chi connectivity index (χ3n) is 2.42. The number of anilines is 1. The van der Waals surface area contributed by atoms with E-state index < -0.39 is 4.92 Å². The van der Waals surface area contributed by atoms with E-state index >= 15 is 0 Å². The molecule has 18 heavy (non-hydrogen) atoms. The maximum absolute atomic E-state index is 11.4. The number of nitrogen functional groups attached to an aromatic ring is 1. The van der Waals surface area contributed by atoms with Crippen molar-refractivity contribution < 1.29 is 4.92 Å². The fraction of sp³-hybridized carbons (Fsp3) is 0.0909. The Kier molecular flexibility index (Phi) is 3.05. The van der Waals surface area contributed by atoms with Gasteiger partial charge in [-0.2, -0.15) is 0 Å². The predicted molar refractivity (Wildman–Crippen MR) is 65.1 cm³/mol. The summed E-state index contributed by atoms with van der Waals surface area (Å²) in [4.78, 5) is 25.1. The topological polar surface area (TPSA) is 104 Å². The Balaban J connectivity index is 2.31. The van der Waals surface area contributed by atoms with E-state index in [9.17, 15) is 14.9 Å². The average Bonchev–Trinajstić information content (AvgIpc) is 2.32. The van der Waals surface area contributed by atoms with Gasteiger partial charge < -0.3 is 5.73 Å². The highest BCUT2D eigenvalue weighted by Gasteiger charge is 2.11. The first-order chi connectivity index (χ1) is 8.58. The Morgan fingerprint density at radius 1 is 1.44 bits per heavy atom. The summed E-state index contributed by atoms with van der Waals surface area (Å²) in [6.07, 6.45) is 3.00. The smallest absolute Gasteiger partial charge is 0.347 e. The van der Waals surface area contributed by atoms with Crippen molar-refractivity contribution in [1.82, 2.24) is 9.55 Å². The van der Waals surface area contributed by atoms with E-state index in [4.69, 9.17) is 5.73 Å². The molecular formula is C11H10N4O3. The van der Waals surface area contributed by atoms with Crippen LogP contribution in [0.1, 0.15) is 5.56 Å². The molecule has 92 valence electrons. The van der Waals surface area contributed by atoms with E-state index in [1.165, 1.54) is 22.9 Å². The number of hydrogen-bond acceptors (Lipinski definition) is 5. The molecule has 0 aliphatic heterocycles. The zero-order valence-electron chi connectivity index (χ0n) is 9.31. The highest BCUT2D eigenvalue weighted by molar-refractivity contribution is 5.59. The molecule has 0 saturated heterocycles. The van der Waals surface area contributed by atoms with Crippen LogP contribution in [-0.2, 0) is 6.54 Å². The van der Waals surface area contributed by atoms with Crippen molar-refractivity contribution in [1.29, 1.82) is 0 Å². The van der Waals surface area contributed by atoms with Crippen molar-refractivity contribution >= 4 is 11.4 Å². The molecule has 0 fully saturated rings. The first-order valence-electron chi connectivity index (χ1n) is 5.12. The molecule has 1 aromatic carbocycles. The second-order valence-electron chi connectivity index (χ2n) is 3.68. The minimum absolute atomic E-state index is 0.0782. The third kappa shape index (κ3) is 2.34. The van der Waals surface area contributed by atoms with Gasteiger partial charge in [0.2, 0.25) is 0 Å². The van der Waals surface area contributed by atoms with Crippen LogP contribution < -0.4 is 11.4 Å². The Labute approximate surface area is 102 Å². The van der Waals surface area contributed by atoms with E-state index in [-0.39, 0.29) is 23.6 Å². The zero-order valence-corrected chi connectivity index (χ0v) is 9.31. The Morgan fingerprint density at radius 3 is 2.83 bits per heavy atom. The van der Waals surface area contributed by atoms with Crippen LogP contribution in [0.5, 0.6) is 0 Å². The highest BCUT2D eigenvalue weighted by Crippen LogP contribution is 2.22. The summed E-state index contributed by atoms with van der Waals surface area (Å²) >= 11 is 0. The second-order valence-corrected chi connectivity index (χ2v) is 3.68. The van der Waals surface area contributed by atoms with Gasteiger partial charge in [0.1, 0.15) is 5.69 Å². The van der Waals surface area contributed by atoms with Gasteiger partial charge in [-0.1, -0.05) is 6.07 Å². The molecular weight excluding hydrogens is 236 g/mol. The van der Waals surface area contributed by atoms with Gasteiger partial charge in [-0.25, -0.2) is 9.78 Å². The van der Waals surface area contributed by atoms with Gasteiger partial charge in [0, 0.05) is 18.5 Å². The monoisotopic (exact) mass is 246 g/mol. The number of hydrogen-bond donors (Lipinski definition) is 1.